The average Bonchev–Trinajstić information content (AvgIpc) is 3.36. The van der Waals surface area contributed by atoms with Gasteiger partial charge < -0.3 is 14.2 Å². The number of hydrogen-bond donors (Lipinski definition) is 0. The third kappa shape index (κ3) is 3.96. The van der Waals surface area contributed by atoms with Crippen molar-refractivity contribution in [2.75, 3.05) is 19.8 Å². The van der Waals surface area contributed by atoms with Gasteiger partial charge in [-0.05, 0) is 25.1 Å². The minimum absolute atomic E-state index is 0.111. The summed E-state index contributed by atoms with van der Waals surface area (Å²) in [5, 5.41) is 5.04. The second-order valence-electron chi connectivity index (χ2n) is 6.06. The minimum Gasteiger partial charge on any atom is -0.377 e. The lowest BCUT2D eigenvalue weighted by molar-refractivity contribution is -0.135. The maximum Gasteiger partial charge on any atom is 0.257 e. The molecule has 0 bridgehead atoms. The standard InChI is InChI=1S/C19H18N4O3S/c1-13-20-11-15(27-13)7-8-17(24)23-9-10-25-12-16(23)18-21-19(26-22-18)14-5-3-2-4-6-14/h2-8,11,16H,9-10,12H2,1H3/b8-7+. The van der Waals surface area contributed by atoms with Crippen molar-refractivity contribution in [1.29, 1.82) is 0 Å². The quantitative estimate of drug-likeness (QED) is 0.645. The van der Waals surface area contributed by atoms with Crippen LogP contribution >= 0.6 is 11.3 Å². The second-order valence-corrected chi connectivity index (χ2v) is 7.33. The summed E-state index contributed by atoms with van der Waals surface area (Å²) >= 11 is 1.54. The van der Waals surface area contributed by atoms with Gasteiger partial charge in [0.25, 0.3) is 5.89 Å². The smallest absolute Gasteiger partial charge is 0.257 e. The molecule has 1 saturated heterocycles. The lowest BCUT2D eigenvalue weighted by atomic mass is 10.2. The summed E-state index contributed by atoms with van der Waals surface area (Å²) in [5.74, 6) is 0.767. The van der Waals surface area contributed by atoms with Crippen LogP contribution in [0.4, 0.5) is 0 Å². The molecule has 0 spiro atoms. The van der Waals surface area contributed by atoms with Crippen LogP contribution in [0.15, 0.2) is 47.1 Å². The Hall–Kier alpha value is -2.84. The summed E-state index contributed by atoms with van der Waals surface area (Å²) in [5.41, 5.74) is 0.839. The van der Waals surface area contributed by atoms with Gasteiger partial charge in [0.1, 0.15) is 6.04 Å². The molecule has 27 heavy (non-hydrogen) atoms. The first kappa shape index (κ1) is 17.6. The van der Waals surface area contributed by atoms with Gasteiger partial charge in [0.2, 0.25) is 5.91 Å². The third-order valence-electron chi connectivity index (χ3n) is 4.20. The molecule has 0 saturated carbocycles. The molecule has 0 N–H and O–H groups in total. The van der Waals surface area contributed by atoms with Crippen LogP contribution in [-0.4, -0.2) is 45.7 Å². The lowest BCUT2D eigenvalue weighted by Gasteiger charge is -2.32. The van der Waals surface area contributed by atoms with E-state index < -0.39 is 0 Å². The van der Waals surface area contributed by atoms with E-state index >= 15 is 0 Å². The van der Waals surface area contributed by atoms with E-state index in [2.05, 4.69) is 15.1 Å². The van der Waals surface area contributed by atoms with Crippen LogP contribution in [0.1, 0.15) is 21.8 Å². The number of aryl methyl sites for hydroxylation is 1. The minimum atomic E-state index is -0.375. The summed E-state index contributed by atoms with van der Waals surface area (Å²) in [6.45, 7) is 3.24. The summed E-state index contributed by atoms with van der Waals surface area (Å²) < 4.78 is 10.9. The van der Waals surface area contributed by atoms with E-state index in [0.717, 1.165) is 15.4 Å². The predicted molar refractivity (Wildman–Crippen MR) is 101 cm³/mol. The molecule has 138 valence electrons. The number of rotatable bonds is 4. The largest absolute Gasteiger partial charge is 0.377 e. The van der Waals surface area contributed by atoms with Crippen molar-refractivity contribution in [1.82, 2.24) is 20.0 Å². The number of morpholine rings is 1. The number of carbonyl (C=O) groups excluding carboxylic acids is 1. The second kappa shape index (κ2) is 7.81. The van der Waals surface area contributed by atoms with Gasteiger partial charge in [-0.3, -0.25) is 4.79 Å². The molecule has 1 unspecified atom stereocenters. The Morgan fingerprint density at radius 2 is 2.19 bits per heavy atom. The zero-order valence-electron chi connectivity index (χ0n) is 14.7. The zero-order chi connectivity index (χ0) is 18.6. The van der Waals surface area contributed by atoms with Gasteiger partial charge in [-0.15, -0.1) is 11.3 Å². The summed E-state index contributed by atoms with van der Waals surface area (Å²) in [7, 11) is 0. The fourth-order valence-corrected chi connectivity index (χ4v) is 3.54. The molecule has 1 fully saturated rings. The van der Waals surface area contributed by atoms with Crippen molar-refractivity contribution < 1.29 is 14.1 Å². The first-order valence-electron chi connectivity index (χ1n) is 8.58. The van der Waals surface area contributed by atoms with E-state index in [1.54, 1.807) is 34.6 Å². The maximum atomic E-state index is 12.7. The molecule has 1 aromatic carbocycles. The molecule has 8 heteroatoms. The van der Waals surface area contributed by atoms with Crippen molar-refractivity contribution in [2.24, 2.45) is 0 Å². The van der Waals surface area contributed by atoms with Crippen LogP contribution in [-0.2, 0) is 9.53 Å². The highest BCUT2D eigenvalue weighted by Crippen LogP contribution is 2.25. The fourth-order valence-electron chi connectivity index (χ4n) is 2.85. The molecule has 1 aliphatic rings. The van der Waals surface area contributed by atoms with E-state index in [1.165, 1.54) is 0 Å². The normalized spacial score (nSPS) is 17.5. The molecule has 1 aliphatic heterocycles. The Morgan fingerprint density at radius 1 is 1.33 bits per heavy atom. The summed E-state index contributed by atoms with van der Waals surface area (Å²) in [6, 6.07) is 9.16. The zero-order valence-corrected chi connectivity index (χ0v) is 15.6. The Balaban J connectivity index is 1.53. The maximum absolute atomic E-state index is 12.7. The SMILES string of the molecule is Cc1ncc(/C=C/C(=O)N2CCOCC2c2noc(-c3ccccc3)n2)s1. The van der Waals surface area contributed by atoms with Crippen LogP contribution in [0.3, 0.4) is 0 Å². The number of ether oxygens (including phenoxy) is 1. The average molecular weight is 382 g/mol. The monoisotopic (exact) mass is 382 g/mol. The first-order valence-corrected chi connectivity index (χ1v) is 9.40. The van der Waals surface area contributed by atoms with Crippen molar-refractivity contribution in [3.63, 3.8) is 0 Å². The van der Waals surface area contributed by atoms with Crippen LogP contribution in [0.25, 0.3) is 17.5 Å². The Morgan fingerprint density at radius 3 is 2.96 bits per heavy atom. The topological polar surface area (TPSA) is 81.4 Å². The molecule has 3 heterocycles. The van der Waals surface area contributed by atoms with Crippen molar-refractivity contribution >= 4 is 23.3 Å². The van der Waals surface area contributed by atoms with E-state index in [4.69, 9.17) is 9.26 Å². The Bertz CT molecular complexity index is 951. The number of nitrogens with zero attached hydrogens (tertiary/aromatic N) is 4. The Labute approximate surface area is 160 Å². The van der Waals surface area contributed by atoms with Gasteiger partial charge >= 0.3 is 0 Å². The lowest BCUT2D eigenvalue weighted by Crippen LogP contribution is -2.43. The molecule has 0 radical (unpaired) electrons. The predicted octanol–water partition coefficient (Wildman–Crippen LogP) is 3.11. The van der Waals surface area contributed by atoms with Gasteiger partial charge in [-0.25, -0.2) is 4.98 Å². The van der Waals surface area contributed by atoms with Crippen LogP contribution in [0.5, 0.6) is 0 Å². The van der Waals surface area contributed by atoms with E-state index in [9.17, 15) is 4.79 Å². The fraction of sp³-hybridized carbons (Fsp3) is 0.263. The molecular formula is C19H18N4O3S. The van der Waals surface area contributed by atoms with E-state index in [0.29, 0.717) is 31.5 Å². The molecular weight excluding hydrogens is 364 g/mol. The van der Waals surface area contributed by atoms with Gasteiger partial charge in [-0.2, -0.15) is 4.98 Å². The van der Waals surface area contributed by atoms with Gasteiger partial charge in [-0.1, -0.05) is 23.4 Å². The van der Waals surface area contributed by atoms with E-state index in [-0.39, 0.29) is 11.9 Å². The highest BCUT2D eigenvalue weighted by Gasteiger charge is 2.31. The van der Waals surface area contributed by atoms with Crippen LogP contribution in [0.2, 0.25) is 0 Å². The van der Waals surface area contributed by atoms with Crippen molar-refractivity contribution in [3.8, 4) is 11.5 Å². The third-order valence-corrected chi connectivity index (χ3v) is 5.08. The number of thiazole rings is 1. The summed E-state index contributed by atoms with van der Waals surface area (Å²) in [4.78, 5) is 24.0. The Kier molecular flexibility index (Phi) is 5.08. The van der Waals surface area contributed by atoms with Crippen LogP contribution < -0.4 is 0 Å². The molecule has 4 rings (SSSR count). The molecule has 2 aromatic heterocycles. The molecule has 0 aliphatic carbocycles. The molecule has 7 nitrogen and oxygen atoms in total. The van der Waals surface area contributed by atoms with E-state index in [1.807, 2.05) is 37.3 Å². The molecule has 3 aromatic rings. The number of amides is 1. The van der Waals surface area contributed by atoms with Crippen LogP contribution in [0, 0.1) is 6.92 Å². The first-order chi connectivity index (χ1) is 13.2. The number of aromatic nitrogens is 3. The molecule has 1 amide bonds. The summed E-state index contributed by atoms with van der Waals surface area (Å²) in [6.07, 6.45) is 5.10. The van der Waals surface area contributed by atoms with Gasteiger partial charge in [0, 0.05) is 29.3 Å². The van der Waals surface area contributed by atoms with Crippen molar-refractivity contribution in [3.05, 3.63) is 58.3 Å². The highest BCUT2D eigenvalue weighted by molar-refractivity contribution is 7.12. The van der Waals surface area contributed by atoms with Gasteiger partial charge in [0.15, 0.2) is 5.82 Å². The number of hydrogen-bond acceptors (Lipinski definition) is 7. The number of carbonyl (C=O) groups is 1. The van der Waals surface area contributed by atoms with Crippen molar-refractivity contribution in [2.45, 2.75) is 13.0 Å². The number of benzene rings is 1. The molecule has 1 atom stereocenters. The highest BCUT2D eigenvalue weighted by atomic mass is 32.1. The van der Waals surface area contributed by atoms with Gasteiger partial charge in [0.05, 0.1) is 18.2 Å².